The molecular formula is C22H30FN3RuS2. The molecule has 0 saturated carbocycles. The third kappa shape index (κ3) is 9.23. The molecule has 2 aromatic carbocycles. The molecule has 2 aromatic rings. The monoisotopic (exact) mass is 521 g/mol. The summed E-state index contributed by atoms with van der Waals surface area (Å²) < 4.78 is 17.8. The molecule has 0 bridgehead atoms. The van der Waals surface area contributed by atoms with Crippen LogP contribution in [0.3, 0.4) is 0 Å². The third-order valence-corrected chi connectivity index (χ3v) is 5.96. The summed E-state index contributed by atoms with van der Waals surface area (Å²) in [4.78, 5) is 0. The van der Waals surface area contributed by atoms with Gasteiger partial charge in [0.1, 0.15) is 5.82 Å². The molecule has 0 aliphatic carbocycles. The summed E-state index contributed by atoms with van der Waals surface area (Å²) in [7, 11) is 0. The predicted molar refractivity (Wildman–Crippen MR) is 125 cm³/mol. The first kappa shape index (κ1) is 28.2. The molecule has 1 N–H and O–H groups in total. The third-order valence-electron chi connectivity index (χ3n) is 4.33. The molecule has 0 spiro atoms. The van der Waals surface area contributed by atoms with Gasteiger partial charge in [-0.1, -0.05) is 48.2 Å². The van der Waals surface area contributed by atoms with E-state index in [2.05, 4.69) is 26.4 Å². The Bertz CT molecular complexity index is 736. The fourth-order valence-corrected chi connectivity index (χ4v) is 3.79. The van der Waals surface area contributed by atoms with E-state index in [1.807, 2.05) is 55.1 Å². The van der Waals surface area contributed by atoms with Gasteiger partial charge in [-0.15, -0.1) is 11.6 Å². The zero-order chi connectivity index (χ0) is 19.6. The summed E-state index contributed by atoms with van der Waals surface area (Å²) >= 11 is 3.66. The van der Waals surface area contributed by atoms with E-state index in [0.717, 1.165) is 23.5 Å². The first-order chi connectivity index (χ1) is 13.1. The van der Waals surface area contributed by atoms with Gasteiger partial charge in [0, 0.05) is 25.3 Å². The zero-order valence-corrected chi connectivity index (χ0v) is 20.8. The minimum atomic E-state index is -0.272. The molecule has 1 aliphatic heterocycles. The molecule has 3 rings (SSSR count). The molecule has 1 fully saturated rings. The Labute approximate surface area is 197 Å². The quantitative estimate of drug-likeness (QED) is 0.296. The number of nitrogens with zero attached hydrogens (tertiary/aromatic N) is 2. The Kier molecular flexibility index (Phi) is 14.6. The minimum Gasteiger partial charge on any atom is -0.382 e. The van der Waals surface area contributed by atoms with Crippen molar-refractivity contribution in [1.82, 2.24) is 8.61 Å². The predicted octanol–water partition coefficient (Wildman–Crippen LogP) is 5.76. The fraction of sp³-hybridized carbons (Fsp3) is 0.318. The molecule has 1 heterocycles. The summed E-state index contributed by atoms with van der Waals surface area (Å²) in [5.41, 5.74) is 3.95. The van der Waals surface area contributed by atoms with Crippen molar-refractivity contribution in [3.63, 3.8) is 0 Å². The van der Waals surface area contributed by atoms with Crippen LogP contribution in [0.25, 0.3) is 6.08 Å². The molecule has 29 heavy (non-hydrogen) atoms. The first-order valence-corrected chi connectivity index (χ1v) is 11.1. The number of hydrogen-bond acceptors (Lipinski definition) is 5. The summed E-state index contributed by atoms with van der Waals surface area (Å²) in [5.74, 6) is -0.272. The topological polar surface area (TPSA) is 18.5 Å². The SMILES string of the molecule is CSN1CCN(SC)C1.[CH-]=Cc1cc(F)ccc1CNc1ccccc1C.[CH3-].[Ru+2]. The van der Waals surface area contributed by atoms with Gasteiger partial charge in [0.2, 0.25) is 0 Å². The number of hydrogen-bond donors (Lipinski definition) is 1. The Hall–Kier alpha value is -0.847. The van der Waals surface area contributed by atoms with Gasteiger partial charge in [-0.3, -0.25) is 6.58 Å². The Balaban J connectivity index is 0.000000610. The van der Waals surface area contributed by atoms with E-state index in [1.165, 1.54) is 36.9 Å². The molecule has 160 valence electrons. The van der Waals surface area contributed by atoms with Gasteiger partial charge in [0.05, 0.1) is 6.67 Å². The van der Waals surface area contributed by atoms with Crippen molar-refractivity contribution in [3.8, 4) is 0 Å². The van der Waals surface area contributed by atoms with Crippen molar-refractivity contribution >= 4 is 35.7 Å². The Morgan fingerprint density at radius 3 is 2.24 bits per heavy atom. The van der Waals surface area contributed by atoms with Crippen LogP contribution in [0.5, 0.6) is 0 Å². The van der Waals surface area contributed by atoms with Crippen molar-refractivity contribution in [3.05, 3.63) is 79.0 Å². The number of anilines is 1. The number of benzene rings is 2. The second-order valence-electron chi connectivity index (χ2n) is 6.10. The number of para-hydroxylation sites is 1. The molecule has 0 radical (unpaired) electrons. The molecule has 0 unspecified atom stereocenters. The van der Waals surface area contributed by atoms with Gasteiger partial charge in [-0.2, -0.15) is 5.56 Å². The van der Waals surface area contributed by atoms with Gasteiger partial charge in [-0.05, 0) is 37.1 Å². The van der Waals surface area contributed by atoms with Gasteiger partial charge >= 0.3 is 19.5 Å². The maximum absolute atomic E-state index is 13.1. The second kappa shape index (κ2) is 15.0. The van der Waals surface area contributed by atoms with Gasteiger partial charge in [-0.25, -0.2) is 19.1 Å². The van der Waals surface area contributed by atoms with Crippen molar-refractivity contribution in [1.29, 1.82) is 0 Å². The van der Waals surface area contributed by atoms with Crippen LogP contribution >= 0.6 is 23.9 Å². The molecular weight excluding hydrogens is 490 g/mol. The molecule has 0 aromatic heterocycles. The van der Waals surface area contributed by atoms with Gasteiger partial charge < -0.3 is 12.7 Å². The number of rotatable bonds is 6. The maximum atomic E-state index is 13.1. The van der Waals surface area contributed by atoms with E-state index in [-0.39, 0.29) is 32.7 Å². The number of halogens is 1. The van der Waals surface area contributed by atoms with Crippen LogP contribution in [-0.4, -0.2) is 40.9 Å². The van der Waals surface area contributed by atoms with Gasteiger partial charge in [0.25, 0.3) is 0 Å². The van der Waals surface area contributed by atoms with E-state index in [4.69, 9.17) is 6.58 Å². The Morgan fingerprint density at radius 2 is 1.72 bits per heavy atom. The van der Waals surface area contributed by atoms with E-state index in [0.29, 0.717) is 6.54 Å². The van der Waals surface area contributed by atoms with Crippen molar-refractivity contribution < 1.29 is 23.9 Å². The van der Waals surface area contributed by atoms with Crippen LogP contribution in [0.1, 0.15) is 16.7 Å². The van der Waals surface area contributed by atoms with Crippen LogP contribution in [0.4, 0.5) is 10.1 Å². The Morgan fingerprint density at radius 1 is 1.10 bits per heavy atom. The summed E-state index contributed by atoms with van der Waals surface area (Å²) in [6, 6.07) is 12.7. The van der Waals surface area contributed by atoms with Crippen LogP contribution in [0.15, 0.2) is 42.5 Å². The first-order valence-electron chi connectivity index (χ1n) is 8.78. The average molecular weight is 521 g/mol. The van der Waals surface area contributed by atoms with Crippen molar-refractivity contribution in [2.24, 2.45) is 0 Å². The van der Waals surface area contributed by atoms with E-state index in [9.17, 15) is 4.39 Å². The standard InChI is InChI=1S/C16H15FN.C5H12N2S2.CH3.Ru/c1-3-13-10-15(17)9-8-14(13)11-18-16-7-5-4-6-12(16)2;1-8-6-3-4-7(5-6)9-2;;/h1,3-10,18H,11H2,2H3;3-5H2,1-2H3;1H3;/q-1;;-1;+2. The maximum Gasteiger partial charge on any atom is 2.00 e. The van der Waals surface area contributed by atoms with Crippen LogP contribution < -0.4 is 5.32 Å². The van der Waals surface area contributed by atoms with E-state index in [1.54, 1.807) is 6.07 Å². The smallest absolute Gasteiger partial charge is 0.382 e. The van der Waals surface area contributed by atoms with Crippen molar-refractivity contribution in [2.75, 3.05) is 37.6 Å². The zero-order valence-electron chi connectivity index (χ0n) is 17.5. The van der Waals surface area contributed by atoms with Crippen LogP contribution in [-0.2, 0) is 26.0 Å². The fourth-order valence-electron chi connectivity index (χ4n) is 2.68. The molecule has 1 saturated heterocycles. The largest absolute Gasteiger partial charge is 2.00 e. The number of nitrogens with one attached hydrogen (secondary N) is 1. The minimum absolute atomic E-state index is 0. The van der Waals surface area contributed by atoms with E-state index < -0.39 is 0 Å². The average Bonchev–Trinajstić information content (AvgIpc) is 3.17. The molecule has 1 aliphatic rings. The van der Waals surface area contributed by atoms with Gasteiger partial charge in [0.15, 0.2) is 0 Å². The molecule has 3 nitrogen and oxygen atoms in total. The van der Waals surface area contributed by atoms with E-state index >= 15 is 0 Å². The number of aryl methyl sites for hydroxylation is 1. The molecule has 7 heteroatoms. The molecule has 0 atom stereocenters. The second-order valence-corrected chi connectivity index (χ2v) is 7.86. The van der Waals surface area contributed by atoms with Crippen LogP contribution in [0, 0.1) is 26.7 Å². The van der Waals surface area contributed by atoms with Crippen LogP contribution in [0.2, 0.25) is 0 Å². The summed E-state index contributed by atoms with van der Waals surface area (Å²) in [6.07, 6.45) is 5.69. The summed E-state index contributed by atoms with van der Waals surface area (Å²) in [5, 5.41) is 3.33. The van der Waals surface area contributed by atoms with Crippen molar-refractivity contribution in [2.45, 2.75) is 13.5 Å². The summed E-state index contributed by atoms with van der Waals surface area (Å²) in [6.45, 7) is 11.7. The molecule has 0 amide bonds. The normalized spacial score (nSPS) is 13.5.